The molecular formula is C20H19F3N4O4. The van der Waals surface area contributed by atoms with Crippen molar-refractivity contribution in [3.05, 3.63) is 23.5 Å². The number of nitrogens with zero attached hydrogens (tertiary/aromatic N) is 3. The van der Waals surface area contributed by atoms with E-state index in [1.54, 1.807) is 20.8 Å². The standard InChI is InChI=1S/C20H19F3N4O4/c1-4-13(28)26-12-6-18(2)14-15(19(12,3)31-18)17(30)27(16(14)29)9-5-10(20(21,22)23)11(7-24)25-8-9/h5,8,12,14-15H,4,6H2,1-3H3,(H,26,28)/t12-,14-,15+,18-,19+/m1/s1. The lowest BCUT2D eigenvalue weighted by Crippen LogP contribution is -2.56. The van der Waals surface area contributed by atoms with Crippen LogP contribution in [0.1, 0.15) is 44.9 Å². The molecule has 0 spiro atoms. The average Bonchev–Trinajstić information content (AvgIpc) is 3.21. The van der Waals surface area contributed by atoms with Crippen molar-refractivity contribution in [2.45, 2.75) is 57.0 Å². The molecule has 3 fully saturated rings. The third-order valence-electron chi connectivity index (χ3n) is 6.54. The first kappa shape index (κ1) is 21.2. The van der Waals surface area contributed by atoms with Gasteiger partial charge in [0, 0.05) is 6.42 Å². The zero-order chi connectivity index (χ0) is 22.9. The fraction of sp³-hybridized carbons (Fsp3) is 0.550. The van der Waals surface area contributed by atoms with Crippen LogP contribution in [0.15, 0.2) is 12.3 Å². The lowest BCUT2D eigenvalue weighted by Gasteiger charge is -2.35. The van der Waals surface area contributed by atoms with Gasteiger partial charge in [-0.05, 0) is 26.3 Å². The number of pyridine rings is 1. The number of fused-ring (bicyclic) bond motifs is 5. The highest BCUT2D eigenvalue weighted by Gasteiger charge is 2.76. The number of nitriles is 1. The Morgan fingerprint density at radius 3 is 2.58 bits per heavy atom. The van der Waals surface area contributed by atoms with Gasteiger partial charge in [0.1, 0.15) is 6.07 Å². The fourth-order valence-electron chi connectivity index (χ4n) is 5.18. The summed E-state index contributed by atoms with van der Waals surface area (Å²) in [7, 11) is 0. The van der Waals surface area contributed by atoms with Crippen molar-refractivity contribution in [2.75, 3.05) is 4.90 Å². The van der Waals surface area contributed by atoms with E-state index in [9.17, 15) is 27.6 Å². The van der Waals surface area contributed by atoms with Gasteiger partial charge in [0.05, 0.1) is 46.5 Å². The van der Waals surface area contributed by atoms with E-state index in [0.29, 0.717) is 17.4 Å². The first-order valence-electron chi connectivity index (χ1n) is 9.72. The Hall–Kier alpha value is -3.00. The molecule has 3 aliphatic heterocycles. The molecule has 11 heteroatoms. The first-order chi connectivity index (χ1) is 14.4. The number of ether oxygens (including phenoxy) is 1. The van der Waals surface area contributed by atoms with Gasteiger partial charge in [-0.2, -0.15) is 18.4 Å². The Bertz CT molecular complexity index is 1050. The molecule has 0 radical (unpaired) electrons. The van der Waals surface area contributed by atoms with Gasteiger partial charge in [0.15, 0.2) is 5.69 Å². The van der Waals surface area contributed by atoms with Crippen LogP contribution in [0.2, 0.25) is 0 Å². The summed E-state index contributed by atoms with van der Waals surface area (Å²) in [5, 5.41) is 11.8. The lowest BCUT2D eigenvalue weighted by atomic mass is 9.66. The number of rotatable bonds is 3. The van der Waals surface area contributed by atoms with E-state index >= 15 is 0 Å². The Balaban J connectivity index is 1.75. The monoisotopic (exact) mass is 436 g/mol. The van der Waals surface area contributed by atoms with Crippen molar-refractivity contribution in [3.8, 4) is 6.07 Å². The van der Waals surface area contributed by atoms with E-state index in [-0.39, 0.29) is 18.0 Å². The fourth-order valence-corrected chi connectivity index (χ4v) is 5.18. The molecule has 3 saturated heterocycles. The number of carbonyl (C=O) groups excluding carboxylic acids is 3. The third-order valence-corrected chi connectivity index (χ3v) is 6.54. The van der Waals surface area contributed by atoms with Crippen molar-refractivity contribution in [1.82, 2.24) is 10.3 Å². The van der Waals surface area contributed by atoms with Gasteiger partial charge in [-0.1, -0.05) is 6.92 Å². The zero-order valence-corrected chi connectivity index (χ0v) is 16.9. The summed E-state index contributed by atoms with van der Waals surface area (Å²) in [5.41, 5.74) is -4.76. The van der Waals surface area contributed by atoms with Crippen LogP contribution in [0.4, 0.5) is 18.9 Å². The van der Waals surface area contributed by atoms with Gasteiger partial charge in [0.2, 0.25) is 17.7 Å². The summed E-state index contributed by atoms with van der Waals surface area (Å²) in [6.07, 6.45) is -3.45. The van der Waals surface area contributed by atoms with E-state index in [0.717, 1.165) is 6.20 Å². The number of aromatic nitrogens is 1. The molecule has 2 bridgehead atoms. The van der Waals surface area contributed by atoms with Crippen molar-refractivity contribution >= 4 is 23.4 Å². The van der Waals surface area contributed by atoms with E-state index in [1.165, 1.54) is 6.07 Å². The second-order valence-electron chi connectivity index (χ2n) is 8.44. The van der Waals surface area contributed by atoms with Crippen molar-refractivity contribution in [2.24, 2.45) is 11.8 Å². The largest absolute Gasteiger partial charge is 0.419 e. The Morgan fingerprint density at radius 1 is 1.35 bits per heavy atom. The summed E-state index contributed by atoms with van der Waals surface area (Å²) >= 11 is 0. The lowest BCUT2D eigenvalue weighted by molar-refractivity contribution is -0.138. The van der Waals surface area contributed by atoms with Gasteiger partial charge in [-0.25, -0.2) is 9.88 Å². The molecule has 0 saturated carbocycles. The normalized spacial score (nSPS) is 34.1. The molecular weight excluding hydrogens is 417 g/mol. The summed E-state index contributed by atoms with van der Waals surface area (Å²) in [6.45, 7) is 4.98. The van der Waals surface area contributed by atoms with Gasteiger partial charge in [-0.15, -0.1) is 0 Å². The van der Waals surface area contributed by atoms with Gasteiger partial charge in [-0.3, -0.25) is 14.4 Å². The highest BCUT2D eigenvalue weighted by Crippen LogP contribution is 2.61. The van der Waals surface area contributed by atoms with Crippen LogP contribution < -0.4 is 10.2 Å². The summed E-state index contributed by atoms with van der Waals surface area (Å²) in [6, 6.07) is 1.44. The molecule has 0 unspecified atom stereocenters. The number of carbonyl (C=O) groups is 3. The summed E-state index contributed by atoms with van der Waals surface area (Å²) in [5.74, 6) is -3.49. The Morgan fingerprint density at radius 2 is 2.00 bits per heavy atom. The molecule has 31 heavy (non-hydrogen) atoms. The van der Waals surface area contributed by atoms with Crippen LogP contribution in [0.25, 0.3) is 0 Å². The number of amides is 3. The van der Waals surface area contributed by atoms with Crippen LogP contribution in [0, 0.1) is 23.2 Å². The molecule has 3 amide bonds. The highest BCUT2D eigenvalue weighted by atomic mass is 19.4. The number of halogens is 3. The number of alkyl halides is 3. The van der Waals surface area contributed by atoms with Crippen molar-refractivity contribution in [1.29, 1.82) is 5.26 Å². The highest BCUT2D eigenvalue weighted by molar-refractivity contribution is 6.23. The predicted molar refractivity (Wildman–Crippen MR) is 98.2 cm³/mol. The van der Waals surface area contributed by atoms with E-state index in [4.69, 9.17) is 10.00 Å². The van der Waals surface area contributed by atoms with E-state index < -0.39 is 58.3 Å². The van der Waals surface area contributed by atoms with E-state index in [2.05, 4.69) is 10.3 Å². The molecule has 0 aromatic carbocycles. The number of hydrogen-bond acceptors (Lipinski definition) is 6. The van der Waals surface area contributed by atoms with Crippen LogP contribution in [-0.4, -0.2) is 39.9 Å². The maximum Gasteiger partial charge on any atom is 0.419 e. The van der Waals surface area contributed by atoms with Gasteiger partial charge < -0.3 is 10.1 Å². The Kier molecular flexibility index (Phi) is 4.45. The molecule has 5 atom stereocenters. The van der Waals surface area contributed by atoms with Gasteiger partial charge >= 0.3 is 6.18 Å². The van der Waals surface area contributed by atoms with Crippen molar-refractivity contribution in [3.63, 3.8) is 0 Å². The van der Waals surface area contributed by atoms with Crippen LogP contribution in [0.3, 0.4) is 0 Å². The molecule has 1 N–H and O–H groups in total. The minimum atomic E-state index is -4.88. The average molecular weight is 436 g/mol. The first-order valence-corrected chi connectivity index (χ1v) is 9.72. The van der Waals surface area contributed by atoms with Gasteiger partial charge in [0.25, 0.3) is 0 Å². The number of nitrogens with one attached hydrogen (secondary N) is 1. The topological polar surface area (TPSA) is 112 Å². The number of imide groups is 1. The number of anilines is 1. The zero-order valence-electron chi connectivity index (χ0n) is 16.9. The maximum atomic E-state index is 13.4. The minimum absolute atomic E-state index is 0.230. The van der Waals surface area contributed by atoms with Crippen LogP contribution in [0.5, 0.6) is 0 Å². The number of hydrogen-bond donors (Lipinski definition) is 1. The molecule has 3 aliphatic rings. The molecule has 4 heterocycles. The third kappa shape index (κ3) is 2.85. The summed E-state index contributed by atoms with van der Waals surface area (Å²) in [4.78, 5) is 42.6. The van der Waals surface area contributed by atoms with Crippen LogP contribution in [-0.2, 0) is 25.3 Å². The predicted octanol–water partition coefficient (Wildman–Crippen LogP) is 1.92. The molecule has 1 aromatic rings. The molecule has 164 valence electrons. The SMILES string of the molecule is CCC(=O)N[C@@H]1C[C@@]2(C)O[C@]1(C)[C@@H]1C(=O)N(c3cnc(C#N)c(C(F)(F)F)c3)C(=O)[C@@H]12. The second kappa shape index (κ2) is 6.50. The second-order valence-corrected chi connectivity index (χ2v) is 8.44. The Labute approximate surface area is 175 Å². The van der Waals surface area contributed by atoms with E-state index in [1.807, 2.05) is 0 Å². The molecule has 1 aromatic heterocycles. The maximum absolute atomic E-state index is 13.4. The van der Waals surface area contributed by atoms with Crippen LogP contribution >= 0.6 is 0 Å². The minimum Gasteiger partial charge on any atom is -0.365 e. The molecule has 8 nitrogen and oxygen atoms in total. The molecule has 0 aliphatic carbocycles. The quantitative estimate of drug-likeness (QED) is 0.725. The van der Waals surface area contributed by atoms with Crippen molar-refractivity contribution < 1.29 is 32.3 Å². The summed E-state index contributed by atoms with van der Waals surface area (Å²) < 4.78 is 46.1. The molecule has 4 rings (SSSR count). The smallest absolute Gasteiger partial charge is 0.365 e.